The minimum absolute atomic E-state index is 0.0951. The van der Waals surface area contributed by atoms with E-state index in [1.54, 1.807) is 11.2 Å². The second-order valence-electron chi connectivity index (χ2n) is 11.7. The van der Waals surface area contributed by atoms with E-state index in [4.69, 9.17) is 5.73 Å². The van der Waals surface area contributed by atoms with Crippen LogP contribution in [-0.4, -0.2) is 82.6 Å². The molecule has 220 valence electrons. The quantitative estimate of drug-likeness (QED) is 0.355. The van der Waals surface area contributed by atoms with Crippen LogP contribution < -0.4 is 5.73 Å². The molecule has 4 aromatic rings. The maximum atomic E-state index is 13.5. The molecule has 0 unspecified atom stereocenters. The summed E-state index contributed by atoms with van der Waals surface area (Å²) in [4.78, 5) is 36.3. The van der Waals surface area contributed by atoms with Gasteiger partial charge in [0.1, 0.15) is 17.7 Å². The van der Waals surface area contributed by atoms with Gasteiger partial charge in [-0.15, -0.1) is 0 Å². The number of rotatable bonds is 6. The van der Waals surface area contributed by atoms with Gasteiger partial charge in [0, 0.05) is 62.1 Å². The fourth-order valence-electron chi connectivity index (χ4n) is 6.31. The molecule has 0 aromatic carbocycles. The second-order valence-corrected chi connectivity index (χ2v) is 11.7. The Morgan fingerprint density at radius 3 is 2.62 bits per heavy atom. The molecular weight excluding hydrogens is 549 g/mol. The average Bonchev–Trinajstić information content (AvgIpc) is 3.62. The molecular formula is C28H31F3N10O. The van der Waals surface area contributed by atoms with Gasteiger partial charge in [-0.25, -0.2) is 19.9 Å². The van der Waals surface area contributed by atoms with Gasteiger partial charge in [0.25, 0.3) is 5.91 Å². The number of nitrogens with two attached hydrogens (primary N) is 1. The minimum atomic E-state index is -4.76. The number of piperazine rings is 1. The Morgan fingerprint density at radius 1 is 1.12 bits per heavy atom. The largest absolute Gasteiger partial charge is 0.451 e. The van der Waals surface area contributed by atoms with Crippen LogP contribution >= 0.6 is 0 Å². The summed E-state index contributed by atoms with van der Waals surface area (Å²) >= 11 is 0. The summed E-state index contributed by atoms with van der Waals surface area (Å²) < 4.78 is 42.6. The number of hydrogen-bond donors (Lipinski definition) is 2. The molecule has 4 aromatic heterocycles. The van der Waals surface area contributed by atoms with Crippen LogP contribution in [0, 0.1) is 5.92 Å². The van der Waals surface area contributed by atoms with Crippen molar-refractivity contribution in [3.05, 3.63) is 54.3 Å². The maximum absolute atomic E-state index is 13.5. The number of alkyl halides is 3. The zero-order chi connectivity index (χ0) is 29.1. The Labute approximate surface area is 239 Å². The highest BCUT2D eigenvalue weighted by molar-refractivity contribution is 5.92. The molecule has 2 aliphatic carbocycles. The number of H-pyrrole nitrogens is 1. The van der Waals surface area contributed by atoms with Gasteiger partial charge >= 0.3 is 6.18 Å². The number of fused-ring (bicyclic) bond motifs is 1. The first kappa shape index (κ1) is 27.0. The Morgan fingerprint density at radius 2 is 1.90 bits per heavy atom. The topological polar surface area (TPSA) is 135 Å². The second kappa shape index (κ2) is 10.1. The molecule has 1 aliphatic heterocycles. The first-order valence-corrected chi connectivity index (χ1v) is 14.3. The van der Waals surface area contributed by atoms with Crippen LogP contribution in [0.3, 0.4) is 0 Å². The van der Waals surface area contributed by atoms with Crippen molar-refractivity contribution >= 4 is 16.9 Å². The minimum Gasteiger partial charge on any atom is -0.346 e. The SMILES string of the molecule is NC1(c2cc(C(=O)N3CCN(C4CC(Cn5cc(-c6ncnc7[nH]ccc67)cn5)C4)CC3)nc(C(F)(F)F)n2)CCC1. The molecule has 0 atom stereocenters. The summed E-state index contributed by atoms with van der Waals surface area (Å²) in [5, 5.41) is 5.51. The van der Waals surface area contributed by atoms with Gasteiger partial charge in [-0.3, -0.25) is 14.4 Å². The van der Waals surface area contributed by atoms with Crippen molar-refractivity contribution in [2.45, 2.75) is 56.4 Å². The Bertz CT molecular complexity index is 1610. The van der Waals surface area contributed by atoms with Crippen molar-refractivity contribution in [1.82, 2.24) is 44.5 Å². The highest BCUT2D eigenvalue weighted by Gasteiger charge is 2.42. The van der Waals surface area contributed by atoms with Crippen LogP contribution in [0.5, 0.6) is 0 Å². The number of nitrogens with one attached hydrogen (secondary N) is 1. The third-order valence-electron chi connectivity index (χ3n) is 8.99. The van der Waals surface area contributed by atoms with E-state index in [1.165, 1.54) is 6.07 Å². The van der Waals surface area contributed by atoms with E-state index in [0.717, 1.165) is 48.1 Å². The van der Waals surface area contributed by atoms with E-state index in [9.17, 15) is 18.0 Å². The number of aromatic amines is 1. The molecule has 1 amide bonds. The van der Waals surface area contributed by atoms with Crippen molar-refractivity contribution in [2.24, 2.45) is 11.7 Å². The third-order valence-corrected chi connectivity index (χ3v) is 8.99. The lowest BCUT2D eigenvalue weighted by Crippen LogP contribution is -2.55. The van der Waals surface area contributed by atoms with E-state index in [1.807, 2.05) is 29.3 Å². The number of aromatic nitrogens is 7. The predicted octanol–water partition coefficient (Wildman–Crippen LogP) is 3.20. The first-order valence-electron chi connectivity index (χ1n) is 14.3. The van der Waals surface area contributed by atoms with Crippen LogP contribution in [0.4, 0.5) is 13.2 Å². The van der Waals surface area contributed by atoms with Crippen molar-refractivity contribution in [1.29, 1.82) is 0 Å². The molecule has 5 heterocycles. The molecule has 1 saturated heterocycles. The van der Waals surface area contributed by atoms with E-state index >= 15 is 0 Å². The van der Waals surface area contributed by atoms with E-state index in [-0.39, 0.29) is 11.4 Å². The molecule has 0 radical (unpaired) electrons. The van der Waals surface area contributed by atoms with Gasteiger partial charge < -0.3 is 15.6 Å². The number of carbonyl (C=O) groups excluding carboxylic acids is 1. The van der Waals surface area contributed by atoms with Gasteiger partial charge in [-0.05, 0) is 50.2 Å². The normalized spacial score (nSPS) is 22.6. The van der Waals surface area contributed by atoms with E-state index < -0.39 is 23.4 Å². The smallest absolute Gasteiger partial charge is 0.346 e. The van der Waals surface area contributed by atoms with Crippen molar-refractivity contribution in [3.63, 3.8) is 0 Å². The molecule has 3 aliphatic rings. The summed E-state index contributed by atoms with van der Waals surface area (Å²) in [5.74, 6) is -1.32. The van der Waals surface area contributed by atoms with Crippen LogP contribution in [0.25, 0.3) is 22.3 Å². The molecule has 11 nitrogen and oxygen atoms in total. The lowest BCUT2D eigenvalue weighted by Gasteiger charge is -2.46. The Balaban J connectivity index is 0.938. The molecule has 3 fully saturated rings. The zero-order valence-corrected chi connectivity index (χ0v) is 22.9. The van der Waals surface area contributed by atoms with Gasteiger partial charge in [0.15, 0.2) is 0 Å². The zero-order valence-electron chi connectivity index (χ0n) is 22.9. The number of amides is 1. The first-order chi connectivity index (χ1) is 20.2. The van der Waals surface area contributed by atoms with Gasteiger partial charge in [0.05, 0.1) is 23.1 Å². The Hall–Kier alpha value is -3.91. The summed E-state index contributed by atoms with van der Waals surface area (Å²) in [6, 6.07) is 3.73. The monoisotopic (exact) mass is 580 g/mol. The fraction of sp³-hybridized carbons (Fsp3) is 0.500. The van der Waals surface area contributed by atoms with Crippen LogP contribution in [0.1, 0.15) is 54.1 Å². The number of carbonyl (C=O) groups is 1. The van der Waals surface area contributed by atoms with E-state index in [0.29, 0.717) is 51.0 Å². The number of nitrogens with zero attached hydrogens (tertiary/aromatic N) is 8. The molecule has 14 heteroatoms. The molecule has 0 bridgehead atoms. The Kier molecular flexibility index (Phi) is 6.50. The van der Waals surface area contributed by atoms with Crippen LogP contribution in [0.15, 0.2) is 37.1 Å². The number of hydrogen-bond acceptors (Lipinski definition) is 8. The predicted molar refractivity (Wildman–Crippen MR) is 146 cm³/mol. The van der Waals surface area contributed by atoms with E-state index in [2.05, 4.69) is 34.9 Å². The summed E-state index contributed by atoms with van der Waals surface area (Å²) in [7, 11) is 0. The average molecular weight is 581 g/mol. The number of halogens is 3. The maximum Gasteiger partial charge on any atom is 0.451 e. The highest BCUT2D eigenvalue weighted by atomic mass is 19.4. The fourth-order valence-corrected chi connectivity index (χ4v) is 6.31. The van der Waals surface area contributed by atoms with Crippen LogP contribution in [0.2, 0.25) is 0 Å². The van der Waals surface area contributed by atoms with Gasteiger partial charge in [-0.2, -0.15) is 18.3 Å². The summed E-state index contributed by atoms with van der Waals surface area (Å²) in [6.45, 7) is 3.02. The van der Waals surface area contributed by atoms with Gasteiger partial charge in [0.2, 0.25) is 5.82 Å². The summed E-state index contributed by atoms with van der Waals surface area (Å²) in [6.07, 6.45) is 6.44. The lowest BCUT2D eigenvalue weighted by molar-refractivity contribution is -0.145. The summed E-state index contributed by atoms with van der Waals surface area (Å²) in [5.41, 5.74) is 7.78. The molecule has 2 saturated carbocycles. The standard InChI is InChI=1S/C28H31F3N10O/c29-28(30,31)26-37-21(12-22(38-26)27(32)3-1-4-27)25(42)40-8-6-39(7-9-40)19-10-17(11-19)14-41-15-18(13-36-41)23-20-2-5-33-24(20)35-16-34-23/h2,5,12-13,15-17,19H,1,3-4,6-11,14,32H2,(H,33,34,35). The highest BCUT2D eigenvalue weighted by Crippen LogP contribution is 2.39. The van der Waals surface area contributed by atoms with Crippen molar-refractivity contribution in [3.8, 4) is 11.3 Å². The molecule has 42 heavy (non-hydrogen) atoms. The van der Waals surface area contributed by atoms with Crippen molar-refractivity contribution in [2.75, 3.05) is 26.2 Å². The third kappa shape index (κ3) is 4.91. The molecule has 3 N–H and O–H groups in total. The molecule has 7 rings (SSSR count). The van der Waals surface area contributed by atoms with Gasteiger partial charge in [-0.1, -0.05) is 0 Å². The molecule has 0 spiro atoms. The van der Waals surface area contributed by atoms with Crippen LogP contribution in [-0.2, 0) is 18.3 Å². The lowest BCUT2D eigenvalue weighted by atomic mass is 9.75. The van der Waals surface area contributed by atoms with Crippen molar-refractivity contribution < 1.29 is 18.0 Å².